The number of thioether (sulfide) groups is 1. The predicted octanol–water partition coefficient (Wildman–Crippen LogP) is 2.37. The van der Waals surface area contributed by atoms with E-state index in [1.54, 1.807) is 11.8 Å². The molecule has 21 heavy (non-hydrogen) atoms. The molecule has 0 aliphatic carbocycles. The van der Waals surface area contributed by atoms with E-state index in [4.69, 9.17) is 0 Å². The number of halogens is 2. The lowest BCUT2D eigenvalue weighted by atomic mass is 10.2. The van der Waals surface area contributed by atoms with Crippen LogP contribution in [-0.2, 0) is 10.5 Å². The fraction of sp³-hybridized carbons (Fsp3) is 0.571. The highest BCUT2D eigenvalue weighted by Crippen LogP contribution is 2.13. The summed E-state index contributed by atoms with van der Waals surface area (Å²) in [4.78, 5) is 18.4. The SMILES string of the molecule is CC1CNCCN1C(=O)CCSCc1ccccn1.Cl.Cl. The third-order valence-electron chi connectivity index (χ3n) is 3.26. The number of amides is 1. The molecule has 2 rings (SSSR count). The van der Waals surface area contributed by atoms with Gasteiger partial charge in [0.2, 0.25) is 5.91 Å². The van der Waals surface area contributed by atoms with E-state index in [0.29, 0.717) is 12.5 Å². The van der Waals surface area contributed by atoms with Crippen LogP contribution < -0.4 is 5.32 Å². The second-order valence-electron chi connectivity index (χ2n) is 4.76. The molecule has 1 amide bonds. The number of hydrogen-bond acceptors (Lipinski definition) is 4. The zero-order chi connectivity index (χ0) is 13.5. The van der Waals surface area contributed by atoms with Crippen molar-refractivity contribution in [2.45, 2.75) is 25.1 Å². The molecule has 1 aliphatic heterocycles. The molecule has 120 valence electrons. The van der Waals surface area contributed by atoms with Crippen molar-refractivity contribution in [3.05, 3.63) is 30.1 Å². The fourth-order valence-corrected chi connectivity index (χ4v) is 3.02. The molecular formula is C14H23Cl2N3OS. The van der Waals surface area contributed by atoms with Crippen LogP contribution in [0.5, 0.6) is 0 Å². The summed E-state index contributed by atoms with van der Waals surface area (Å²) in [7, 11) is 0. The van der Waals surface area contributed by atoms with Crippen molar-refractivity contribution < 1.29 is 4.79 Å². The standard InChI is InChI=1S/C14H21N3OS.2ClH/c1-12-10-15-7-8-17(12)14(18)5-9-19-11-13-4-2-3-6-16-13;;/h2-4,6,12,15H,5,7-11H2,1H3;2*1H. The summed E-state index contributed by atoms with van der Waals surface area (Å²) in [6, 6.07) is 6.26. The molecular weight excluding hydrogens is 329 g/mol. The monoisotopic (exact) mass is 351 g/mol. The number of carbonyl (C=O) groups is 1. The highest BCUT2D eigenvalue weighted by molar-refractivity contribution is 7.98. The molecule has 1 saturated heterocycles. The molecule has 4 nitrogen and oxygen atoms in total. The number of aromatic nitrogens is 1. The van der Waals surface area contributed by atoms with Crippen LogP contribution in [0.2, 0.25) is 0 Å². The number of nitrogens with zero attached hydrogens (tertiary/aromatic N) is 2. The molecule has 0 saturated carbocycles. The molecule has 7 heteroatoms. The number of nitrogens with one attached hydrogen (secondary N) is 1. The first-order valence-corrected chi connectivity index (χ1v) is 7.90. The van der Waals surface area contributed by atoms with E-state index in [2.05, 4.69) is 17.2 Å². The lowest BCUT2D eigenvalue weighted by Crippen LogP contribution is -2.52. The van der Waals surface area contributed by atoms with E-state index >= 15 is 0 Å². The van der Waals surface area contributed by atoms with Crippen molar-refractivity contribution in [2.24, 2.45) is 0 Å². The summed E-state index contributed by atoms with van der Waals surface area (Å²) in [5.41, 5.74) is 1.08. The highest BCUT2D eigenvalue weighted by atomic mass is 35.5. The zero-order valence-corrected chi connectivity index (χ0v) is 14.6. The third-order valence-corrected chi connectivity index (χ3v) is 4.25. The Kier molecular flexibility index (Phi) is 10.9. The summed E-state index contributed by atoms with van der Waals surface area (Å²) in [6.45, 7) is 4.76. The molecule has 1 aliphatic rings. The summed E-state index contributed by atoms with van der Waals surface area (Å²) < 4.78 is 0. The van der Waals surface area contributed by atoms with Crippen molar-refractivity contribution in [1.29, 1.82) is 0 Å². The van der Waals surface area contributed by atoms with Crippen LogP contribution in [0.4, 0.5) is 0 Å². The van der Waals surface area contributed by atoms with Gasteiger partial charge in [0, 0.05) is 49.8 Å². The van der Waals surface area contributed by atoms with E-state index in [9.17, 15) is 4.79 Å². The number of rotatable bonds is 5. The first kappa shape index (κ1) is 20.5. The lowest BCUT2D eigenvalue weighted by molar-refractivity contribution is -0.133. The first-order chi connectivity index (χ1) is 9.27. The fourth-order valence-electron chi connectivity index (χ4n) is 2.17. The highest BCUT2D eigenvalue weighted by Gasteiger charge is 2.22. The molecule has 1 aromatic rings. The molecule has 0 radical (unpaired) electrons. The van der Waals surface area contributed by atoms with Gasteiger partial charge in [0.15, 0.2) is 0 Å². The van der Waals surface area contributed by atoms with Crippen LogP contribution in [0.15, 0.2) is 24.4 Å². The topological polar surface area (TPSA) is 45.2 Å². The average molecular weight is 352 g/mol. The van der Waals surface area contributed by atoms with Gasteiger partial charge in [0.1, 0.15) is 0 Å². The summed E-state index contributed by atoms with van der Waals surface area (Å²) in [5, 5.41) is 3.30. The molecule has 2 heterocycles. The Morgan fingerprint density at radius 3 is 2.95 bits per heavy atom. The van der Waals surface area contributed by atoms with Crippen LogP contribution >= 0.6 is 36.6 Å². The molecule has 1 aromatic heterocycles. The lowest BCUT2D eigenvalue weighted by Gasteiger charge is -2.34. The Labute approximate surface area is 143 Å². The average Bonchev–Trinajstić information content (AvgIpc) is 2.45. The van der Waals surface area contributed by atoms with E-state index in [-0.39, 0.29) is 30.7 Å². The summed E-state index contributed by atoms with van der Waals surface area (Å²) >= 11 is 1.77. The first-order valence-electron chi connectivity index (χ1n) is 6.75. The van der Waals surface area contributed by atoms with E-state index < -0.39 is 0 Å². The molecule has 1 fully saturated rings. The van der Waals surface area contributed by atoms with Crippen molar-refractivity contribution in [3.63, 3.8) is 0 Å². The normalized spacial score (nSPS) is 17.6. The Bertz CT molecular complexity index is 408. The van der Waals surface area contributed by atoms with Crippen LogP contribution in [0.1, 0.15) is 19.0 Å². The smallest absolute Gasteiger partial charge is 0.223 e. The zero-order valence-electron chi connectivity index (χ0n) is 12.2. The second kappa shape index (κ2) is 11.1. The van der Waals surface area contributed by atoms with Gasteiger partial charge in [0.05, 0.1) is 5.69 Å². The minimum atomic E-state index is 0. The molecule has 0 aromatic carbocycles. The maximum absolute atomic E-state index is 12.1. The minimum Gasteiger partial charge on any atom is -0.337 e. The summed E-state index contributed by atoms with van der Waals surface area (Å²) in [5.74, 6) is 2.03. The second-order valence-corrected chi connectivity index (χ2v) is 5.87. The van der Waals surface area contributed by atoms with Gasteiger partial charge in [-0.25, -0.2) is 0 Å². The number of carbonyl (C=O) groups excluding carboxylic acids is 1. The van der Waals surface area contributed by atoms with Gasteiger partial charge in [0.25, 0.3) is 0 Å². The quantitative estimate of drug-likeness (QED) is 0.827. The van der Waals surface area contributed by atoms with E-state index in [1.807, 2.05) is 29.3 Å². The minimum absolute atomic E-state index is 0. The van der Waals surface area contributed by atoms with Crippen molar-refractivity contribution in [2.75, 3.05) is 25.4 Å². The number of piperazine rings is 1. The van der Waals surface area contributed by atoms with Crippen LogP contribution in [0.25, 0.3) is 0 Å². The third kappa shape index (κ3) is 6.87. The van der Waals surface area contributed by atoms with Gasteiger partial charge < -0.3 is 10.2 Å². The van der Waals surface area contributed by atoms with Gasteiger partial charge in [-0.1, -0.05) is 6.07 Å². The van der Waals surface area contributed by atoms with E-state index in [0.717, 1.165) is 36.8 Å². The molecule has 0 bridgehead atoms. The largest absolute Gasteiger partial charge is 0.337 e. The summed E-state index contributed by atoms with van der Waals surface area (Å²) in [6.07, 6.45) is 2.44. The molecule has 1 N–H and O–H groups in total. The molecule has 1 unspecified atom stereocenters. The van der Waals surface area contributed by atoms with Crippen molar-refractivity contribution >= 4 is 42.5 Å². The van der Waals surface area contributed by atoms with Crippen LogP contribution in [0, 0.1) is 0 Å². The van der Waals surface area contributed by atoms with E-state index in [1.165, 1.54) is 0 Å². The molecule has 0 spiro atoms. The van der Waals surface area contributed by atoms with Gasteiger partial charge in [-0.2, -0.15) is 11.8 Å². The number of pyridine rings is 1. The van der Waals surface area contributed by atoms with Gasteiger partial charge in [-0.15, -0.1) is 24.8 Å². The van der Waals surface area contributed by atoms with Gasteiger partial charge in [-0.3, -0.25) is 9.78 Å². The predicted molar refractivity (Wildman–Crippen MR) is 93.6 cm³/mol. The number of hydrogen-bond donors (Lipinski definition) is 1. The molecule has 1 atom stereocenters. The van der Waals surface area contributed by atoms with Crippen LogP contribution in [-0.4, -0.2) is 47.2 Å². The Morgan fingerprint density at radius 2 is 2.29 bits per heavy atom. The van der Waals surface area contributed by atoms with Crippen LogP contribution in [0.3, 0.4) is 0 Å². The maximum Gasteiger partial charge on any atom is 0.223 e. The Hall–Kier alpha value is -0.490. The maximum atomic E-state index is 12.1. The van der Waals surface area contributed by atoms with Gasteiger partial charge >= 0.3 is 0 Å². The Balaban J connectivity index is 0.00000200. The Morgan fingerprint density at radius 1 is 1.48 bits per heavy atom. The van der Waals surface area contributed by atoms with Gasteiger partial charge in [-0.05, 0) is 19.1 Å². The van der Waals surface area contributed by atoms with Crippen molar-refractivity contribution in [3.8, 4) is 0 Å². The van der Waals surface area contributed by atoms with Crippen molar-refractivity contribution in [1.82, 2.24) is 15.2 Å².